The molecule has 0 aliphatic carbocycles. The summed E-state index contributed by atoms with van der Waals surface area (Å²) in [5, 5.41) is 4.79. The number of imidazole rings is 1. The highest BCUT2D eigenvalue weighted by molar-refractivity contribution is 6.68. The van der Waals surface area contributed by atoms with Crippen LogP contribution >= 0.6 is 0 Å². The lowest BCUT2D eigenvalue weighted by Crippen LogP contribution is -2.55. The number of benzene rings is 7. The second-order valence-corrected chi connectivity index (χ2v) is 11.5. The lowest BCUT2D eigenvalue weighted by molar-refractivity contribution is 1.11. The third-order valence-electron chi connectivity index (χ3n) is 8.89. The van der Waals surface area contributed by atoms with Crippen molar-refractivity contribution in [2.75, 3.05) is 0 Å². The molecule has 8 aromatic rings. The van der Waals surface area contributed by atoms with Crippen LogP contribution in [0.15, 0.2) is 127 Å². The van der Waals surface area contributed by atoms with Crippen LogP contribution in [-0.4, -0.2) is 48.8 Å². The predicted molar refractivity (Wildman–Crippen MR) is 199 cm³/mol. The van der Waals surface area contributed by atoms with Crippen LogP contribution < -0.4 is 27.3 Å². The first-order chi connectivity index (χ1) is 22.4. The first kappa shape index (κ1) is 28.3. The number of aromatic nitrogens is 2. The number of rotatable bonds is 4. The van der Waals surface area contributed by atoms with E-state index in [9.17, 15) is 0 Å². The monoisotopic (exact) mass is 572 g/mol. The summed E-state index contributed by atoms with van der Waals surface area (Å²) in [4.78, 5) is 4.94. The molecule has 0 unspecified atom stereocenters. The average Bonchev–Trinajstić information content (AvgIpc) is 3.48. The van der Waals surface area contributed by atoms with Gasteiger partial charge in [-0.15, -0.1) is 16.4 Å². The van der Waals surface area contributed by atoms with Crippen molar-refractivity contribution in [3.8, 4) is 39.3 Å². The van der Waals surface area contributed by atoms with E-state index in [0.717, 1.165) is 22.3 Å². The second kappa shape index (κ2) is 11.0. The lowest BCUT2D eigenvalue weighted by atomic mass is 9.60. The molecule has 8 rings (SSSR count). The van der Waals surface area contributed by atoms with Gasteiger partial charge >= 0.3 is 0 Å². The van der Waals surface area contributed by atoms with Gasteiger partial charge in [0.25, 0.3) is 0 Å². The van der Waals surface area contributed by atoms with Crippen LogP contribution in [0.2, 0.25) is 0 Å². The molecule has 10 radical (unpaired) electrons. The summed E-state index contributed by atoms with van der Waals surface area (Å²) < 4.78 is 2.03. The van der Waals surface area contributed by atoms with Crippen LogP contribution in [0.5, 0.6) is 0 Å². The van der Waals surface area contributed by atoms with Crippen LogP contribution in [0.1, 0.15) is 0 Å². The quantitative estimate of drug-likeness (QED) is 0.228. The van der Waals surface area contributed by atoms with E-state index in [2.05, 4.69) is 103 Å². The zero-order chi connectivity index (χ0) is 31.5. The van der Waals surface area contributed by atoms with Gasteiger partial charge in [-0.2, -0.15) is 0 Å². The number of para-hydroxylation sites is 2. The summed E-state index contributed by atoms with van der Waals surface area (Å²) in [7, 11) is 31.7. The molecule has 0 aliphatic rings. The largest absolute Gasteiger partial charge is 0.292 e. The van der Waals surface area contributed by atoms with E-state index in [4.69, 9.17) is 44.2 Å². The highest BCUT2D eigenvalue weighted by atomic mass is 15.1. The maximum absolute atomic E-state index is 6.52. The summed E-state index contributed by atoms with van der Waals surface area (Å²) in [6.07, 6.45) is 0. The normalized spacial score (nSPS) is 11.5. The topological polar surface area (TPSA) is 17.8 Å². The molecule has 7 heteroatoms. The Kier molecular flexibility index (Phi) is 6.80. The maximum atomic E-state index is 6.52. The summed E-state index contributed by atoms with van der Waals surface area (Å²) in [5.74, 6) is 0.533. The molecule has 7 aromatic carbocycles. The van der Waals surface area contributed by atoms with Gasteiger partial charge in [0.2, 0.25) is 0 Å². The Balaban J connectivity index is 1.36. The molecule has 0 saturated heterocycles. The van der Waals surface area contributed by atoms with Gasteiger partial charge in [-0.25, -0.2) is 4.98 Å². The minimum Gasteiger partial charge on any atom is -0.292 e. The van der Waals surface area contributed by atoms with E-state index in [-0.39, 0.29) is 27.3 Å². The van der Waals surface area contributed by atoms with Crippen molar-refractivity contribution in [3.63, 3.8) is 0 Å². The van der Waals surface area contributed by atoms with E-state index >= 15 is 0 Å². The molecule has 0 bridgehead atoms. The molecule has 1 aromatic heterocycles. The first-order valence-corrected chi connectivity index (χ1v) is 15.0. The van der Waals surface area contributed by atoms with Gasteiger partial charge in [0.1, 0.15) is 45.1 Å². The predicted octanol–water partition coefficient (Wildman–Crippen LogP) is 4.30. The van der Waals surface area contributed by atoms with E-state index in [0.29, 0.717) is 11.4 Å². The first-order valence-electron chi connectivity index (χ1n) is 15.0. The molecule has 0 aliphatic heterocycles. The van der Waals surface area contributed by atoms with Gasteiger partial charge in [0.05, 0.1) is 11.0 Å². The molecule has 2 nitrogen and oxygen atoms in total. The van der Waals surface area contributed by atoms with Gasteiger partial charge in [0, 0.05) is 11.3 Å². The Hall–Kier alpha value is -5.15. The molecule has 0 fully saturated rings. The fraction of sp³-hybridized carbons (Fsp3) is 0. The van der Waals surface area contributed by atoms with E-state index in [1.807, 2.05) is 28.8 Å². The van der Waals surface area contributed by atoms with Crippen LogP contribution in [0, 0.1) is 0 Å². The van der Waals surface area contributed by atoms with Crippen LogP contribution in [0.3, 0.4) is 0 Å². The molecule has 202 valence electrons. The van der Waals surface area contributed by atoms with Gasteiger partial charge in [-0.05, 0) is 68.1 Å². The smallest absolute Gasteiger partial charge is 0.144 e. The summed E-state index contributed by atoms with van der Waals surface area (Å²) in [6.45, 7) is 0. The van der Waals surface area contributed by atoms with E-state index in [1.165, 1.54) is 38.2 Å². The molecule has 0 amide bonds. The van der Waals surface area contributed by atoms with Crippen molar-refractivity contribution in [1.82, 2.24) is 9.55 Å². The van der Waals surface area contributed by atoms with Crippen LogP contribution in [0.25, 0.3) is 71.9 Å². The lowest BCUT2D eigenvalue weighted by Gasteiger charge is -2.22. The van der Waals surface area contributed by atoms with Crippen LogP contribution in [-0.2, 0) is 0 Å². The fourth-order valence-corrected chi connectivity index (χ4v) is 6.68. The molecular weight excluding hydrogens is 551 g/mol. The number of hydrogen-bond donors (Lipinski definition) is 0. The van der Waals surface area contributed by atoms with Gasteiger partial charge in [-0.1, -0.05) is 114 Å². The molecule has 0 N–H and O–H groups in total. The number of hydrogen-bond acceptors (Lipinski definition) is 1. The number of fused-ring (bicyclic) bond motifs is 3. The molecule has 0 atom stereocenters. The summed E-state index contributed by atoms with van der Waals surface area (Å²) in [6, 6.07) is 44.2. The minimum absolute atomic E-state index is 0.170. The minimum atomic E-state index is 0.170. The highest BCUT2D eigenvalue weighted by Gasteiger charge is 2.21. The molecule has 46 heavy (non-hydrogen) atoms. The molecule has 0 saturated carbocycles. The number of nitrogens with zero attached hydrogens (tertiary/aromatic N) is 2. The fourth-order valence-electron chi connectivity index (χ4n) is 6.68. The zero-order valence-corrected chi connectivity index (χ0v) is 24.9. The Morgan fingerprint density at radius 3 is 1.37 bits per heavy atom. The maximum Gasteiger partial charge on any atom is 0.144 e. The SMILES string of the molecule is [B]c1c([B])c([B])c(-c2nc3ccccc3n2-c2ccc(-c3c4ccccc4c(-c4ccccc4)c4ccccc34)cc2)c([B])c1[B]. The van der Waals surface area contributed by atoms with E-state index in [1.54, 1.807) is 0 Å². The molecular formula is C39H21B5N2. The van der Waals surface area contributed by atoms with Crippen molar-refractivity contribution >= 4 is 99.1 Å². The zero-order valence-electron chi connectivity index (χ0n) is 24.9. The standard InChI is InChI=1S/C39H21B5N2/c40-34-33(35(41)37(43)38(44)36(34)42)39-45-29-16-8-9-17-30(29)46(39)24-20-18-23(19-21-24)32-27-14-6-4-12-25(27)31(22-10-2-1-3-11-22)26-13-5-7-15-28(26)32/h1-21H. The molecule has 1 heterocycles. The Morgan fingerprint density at radius 1 is 0.391 bits per heavy atom. The van der Waals surface area contributed by atoms with Crippen molar-refractivity contribution < 1.29 is 0 Å². The Bertz CT molecular complexity index is 2380. The van der Waals surface area contributed by atoms with Gasteiger partial charge in [0.15, 0.2) is 0 Å². The van der Waals surface area contributed by atoms with Crippen molar-refractivity contribution in [1.29, 1.82) is 0 Å². The van der Waals surface area contributed by atoms with E-state index < -0.39 is 0 Å². The summed E-state index contributed by atoms with van der Waals surface area (Å²) in [5.41, 5.74) is 8.75. The second-order valence-electron chi connectivity index (χ2n) is 11.5. The average molecular weight is 572 g/mol. The highest BCUT2D eigenvalue weighted by Crippen LogP contribution is 2.43. The van der Waals surface area contributed by atoms with Crippen LogP contribution in [0.4, 0.5) is 0 Å². The van der Waals surface area contributed by atoms with Crippen molar-refractivity contribution in [2.45, 2.75) is 0 Å². The van der Waals surface area contributed by atoms with Gasteiger partial charge in [-0.3, -0.25) is 4.57 Å². The van der Waals surface area contributed by atoms with Crippen molar-refractivity contribution in [3.05, 3.63) is 127 Å². The Labute approximate surface area is 274 Å². The Morgan fingerprint density at radius 2 is 0.826 bits per heavy atom. The van der Waals surface area contributed by atoms with Gasteiger partial charge < -0.3 is 0 Å². The summed E-state index contributed by atoms with van der Waals surface area (Å²) >= 11 is 0. The third-order valence-corrected chi connectivity index (χ3v) is 8.89. The third kappa shape index (κ3) is 4.30. The molecule has 0 spiro atoms. The van der Waals surface area contributed by atoms with Crippen molar-refractivity contribution in [2.24, 2.45) is 0 Å².